The van der Waals surface area contributed by atoms with E-state index < -0.39 is 12.0 Å². The average molecular weight is 325 g/mol. The largest absolute Gasteiger partial charge is 0.480 e. The summed E-state index contributed by atoms with van der Waals surface area (Å²) in [5, 5.41) is 15.0. The Morgan fingerprint density at radius 1 is 1.21 bits per heavy atom. The summed E-state index contributed by atoms with van der Waals surface area (Å²) in [6.45, 7) is 5.44. The third-order valence-electron chi connectivity index (χ3n) is 4.44. The van der Waals surface area contributed by atoms with Crippen molar-refractivity contribution in [2.75, 3.05) is 0 Å². The van der Waals surface area contributed by atoms with Gasteiger partial charge in [0.25, 0.3) is 5.56 Å². The molecule has 0 aliphatic carbocycles. The van der Waals surface area contributed by atoms with Gasteiger partial charge in [0.2, 0.25) is 0 Å². The highest BCUT2D eigenvalue weighted by molar-refractivity contribution is 5.88. The number of fused-ring (bicyclic) bond motifs is 1. The molecule has 24 heavy (non-hydrogen) atoms. The van der Waals surface area contributed by atoms with E-state index in [9.17, 15) is 14.7 Å². The van der Waals surface area contributed by atoms with Crippen molar-refractivity contribution in [3.05, 3.63) is 58.3 Å². The molecule has 0 unspecified atom stereocenters. The van der Waals surface area contributed by atoms with E-state index in [0.717, 1.165) is 5.69 Å². The van der Waals surface area contributed by atoms with Gasteiger partial charge in [-0.15, -0.1) is 0 Å². The van der Waals surface area contributed by atoms with Gasteiger partial charge < -0.3 is 9.67 Å². The number of hydrogen-bond donors (Lipinski definition) is 1. The summed E-state index contributed by atoms with van der Waals surface area (Å²) in [5.74, 6) is -0.902. The number of aliphatic carboxylic acids is 1. The fourth-order valence-electron chi connectivity index (χ4n) is 3.27. The van der Waals surface area contributed by atoms with Crippen molar-refractivity contribution in [2.24, 2.45) is 0 Å². The molecule has 124 valence electrons. The summed E-state index contributed by atoms with van der Waals surface area (Å²) >= 11 is 0. The minimum atomic E-state index is -0.902. The van der Waals surface area contributed by atoms with Crippen LogP contribution in [0.15, 0.2) is 41.3 Å². The van der Waals surface area contributed by atoms with Crippen LogP contribution in [0.2, 0.25) is 0 Å². The van der Waals surface area contributed by atoms with E-state index in [4.69, 9.17) is 0 Å². The molecule has 0 saturated carbocycles. The second-order valence-electron chi connectivity index (χ2n) is 5.79. The van der Waals surface area contributed by atoms with Crippen molar-refractivity contribution in [3.63, 3.8) is 0 Å². The van der Waals surface area contributed by atoms with E-state index in [2.05, 4.69) is 5.10 Å². The number of nitrogens with zero attached hydrogens (tertiary/aromatic N) is 3. The highest BCUT2D eigenvalue weighted by Gasteiger charge is 2.25. The van der Waals surface area contributed by atoms with Gasteiger partial charge in [-0.1, -0.05) is 25.1 Å². The van der Waals surface area contributed by atoms with Crippen LogP contribution in [0.1, 0.15) is 30.8 Å². The zero-order valence-electron chi connectivity index (χ0n) is 13.9. The lowest BCUT2D eigenvalue weighted by molar-refractivity contribution is -0.141. The molecule has 0 fully saturated rings. The van der Waals surface area contributed by atoms with Gasteiger partial charge in [0.05, 0.1) is 17.3 Å². The van der Waals surface area contributed by atoms with E-state index in [-0.39, 0.29) is 5.56 Å². The maximum absolute atomic E-state index is 12.9. The minimum absolute atomic E-state index is 0.238. The van der Waals surface area contributed by atoms with E-state index in [1.54, 1.807) is 17.7 Å². The van der Waals surface area contributed by atoms with Crippen molar-refractivity contribution in [1.29, 1.82) is 0 Å². The first-order valence-electron chi connectivity index (χ1n) is 7.85. The maximum atomic E-state index is 12.9. The number of aromatic nitrogens is 3. The normalized spacial score (nSPS) is 12.5. The van der Waals surface area contributed by atoms with Gasteiger partial charge >= 0.3 is 5.97 Å². The third kappa shape index (κ3) is 2.31. The summed E-state index contributed by atoms with van der Waals surface area (Å²) in [6.07, 6.45) is 2.08. The second-order valence-corrected chi connectivity index (χ2v) is 5.79. The molecule has 0 radical (unpaired) electrons. The second kappa shape index (κ2) is 5.96. The maximum Gasteiger partial charge on any atom is 0.326 e. The van der Waals surface area contributed by atoms with Crippen LogP contribution in [0.5, 0.6) is 0 Å². The zero-order chi connectivity index (χ0) is 17.4. The quantitative estimate of drug-likeness (QED) is 0.800. The van der Waals surface area contributed by atoms with Gasteiger partial charge in [0.15, 0.2) is 0 Å². The van der Waals surface area contributed by atoms with Gasteiger partial charge in [-0.05, 0) is 32.4 Å². The molecule has 0 aliphatic heterocycles. The van der Waals surface area contributed by atoms with E-state index in [1.807, 2.05) is 44.2 Å². The standard InChI is InChI=1S/C18H19N3O3/c1-4-15(18(23)24)20-11(2)14-10-19-21(13-8-6-5-7-9-13)17(22)16(14)12(20)3/h5-10,15H,4H2,1-3H3,(H,23,24)/t15-/m1/s1. The van der Waals surface area contributed by atoms with Crippen LogP contribution < -0.4 is 5.56 Å². The van der Waals surface area contributed by atoms with Crippen LogP contribution >= 0.6 is 0 Å². The molecule has 1 atom stereocenters. The topological polar surface area (TPSA) is 77.1 Å². The Morgan fingerprint density at radius 2 is 1.88 bits per heavy atom. The van der Waals surface area contributed by atoms with Crippen LogP contribution in [0, 0.1) is 13.8 Å². The van der Waals surface area contributed by atoms with Crippen molar-refractivity contribution in [2.45, 2.75) is 33.2 Å². The predicted molar refractivity (Wildman–Crippen MR) is 91.8 cm³/mol. The highest BCUT2D eigenvalue weighted by Crippen LogP contribution is 2.27. The average Bonchev–Trinajstić information content (AvgIpc) is 2.82. The summed E-state index contributed by atoms with van der Waals surface area (Å²) in [4.78, 5) is 24.5. The van der Waals surface area contributed by atoms with Crippen molar-refractivity contribution < 1.29 is 9.90 Å². The Morgan fingerprint density at radius 3 is 2.46 bits per heavy atom. The Labute approximate surface area is 139 Å². The molecule has 0 saturated heterocycles. The molecule has 2 heterocycles. The van der Waals surface area contributed by atoms with Gasteiger partial charge in [-0.2, -0.15) is 9.78 Å². The Kier molecular flexibility index (Phi) is 3.97. The number of hydrogen-bond acceptors (Lipinski definition) is 3. The number of aryl methyl sites for hydroxylation is 2. The lowest BCUT2D eigenvalue weighted by atomic mass is 10.2. The lowest BCUT2D eigenvalue weighted by Gasteiger charge is -2.16. The lowest BCUT2D eigenvalue weighted by Crippen LogP contribution is -2.22. The Hall–Kier alpha value is -2.89. The summed E-state index contributed by atoms with van der Waals surface area (Å²) in [7, 11) is 0. The third-order valence-corrected chi connectivity index (χ3v) is 4.44. The first-order chi connectivity index (χ1) is 11.5. The number of carboxylic acid groups (broad SMARTS) is 1. The molecule has 1 aromatic carbocycles. The van der Waals surface area contributed by atoms with Gasteiger partial charge in [0, 0.05) is 16.8 Å². The van der Waals surface area contributed by atoms with Gasteiger partial charge in [-0.25, -0.2) is 4.79 Å². The predicted octanol–water partition coefficient (Wildman–Crippen LogP) is 2.84. The minimum Gasteiger partial charge on any atom is -0.480 e. The highest BCUT2D eigenvalue weighted by atomic mass is 16.4. The van der Waals surface area contributed by atoms with Crippen LogP contribution in [0.25, 0.3) is 16.5 Å². The van der Waals surface area contributed by atoms with Crippen molar-refractivity contribution >= 4 is 16.7 Å². The number of carboxylic acids is 1. The number of rotatable bonds is 4. The number of carbonyl (C=O) groups is 1. The molecular weight excluding hydrogens is 306 g/mol. The van der Waals surface area contributed by atoms with Crippen LogP contribution in [0.4, 0.5) is 0 Å². The van der Waals surface area contributed by atoms with Crippen LogP contribution in [-0.4, -0.2) is 25.4 Å². The van der Waals surface area contributed by atoms with Gasteiger partial charge in [0.1, 0.15) is 6.04 Å². The molecule has 0 spiro atoms. The number of benzene rings is 1. The first-order valence-corrected chi connectivity index (χ1v) is 7.85. The summed E-state index contributed by atoms with van der Waals surface area (Å²) in [6, 6.07) is 8.49. The Bertz CT molecular complexity index is 971. The van der Waals surface area contributed by atoms with Gasteiger partial charge in [-0.3, -0.25) is 4.79 Å². The SMILES string of the molecule is CC[C@H](C(=O)O)n1c(C)c2cnn(-c3ccccc3)c(=O)c2c1C. The van der Waals surface area contributed by atoms with Crippen LogP contribution in [-0.2, 0) is 4.79 Å². The van der Waals surface area contributed by atoms with E-state index in [1.165, 1.54) is 4.68 Å². The molecule has 6 nitrogen and oxygen atoms in total. The molecule has 1 N–H and O–H groups in total. The molecule has 0 bridgehead atoms. The zero-order valence-corrected chi connectivity index (χ0v) is 13.9. The molecule has 3 rings (SSSR count). The molecular formula is C18H19N3O3. The molecule has 0 amide bonds. The summed E-state index contributed by atoms with van der Waals surface area (Å²) < 4.78 is 3.08. The van der Waals surface area contributed by atoms with E-state index >= 15 is 0 Å². The summed E-state index contributed by atoms with van der Waals surface area (Å²) in [5.41, 5.74) is 1.85. The Balaban J connectivity index is 2.33. The monoisotopic (exact) mass is 325 g/mol. The number of para-hydroxylation sites is 1. The molecule has 0 aliphatic rings. The van der Waals surface area contributed by atoms with E-state index in [0.29, 0.717) is 28.6 Å². The molecule has 6 heteroatoms. The van der Waals surface area contributed by atoms with Crippen LogP contribution in [0.3, 0.4) is 0 Å². The molecule has 2 aromatic heterocycles. The van der Waals surface area contributed by atoms with Crippen molar-refractivity contribution in [3.8, 4) is 5.69 Å². The van der Waals surface area contributed by atoms with Crippen molar-refractivity contribution in [1.82, 2.24) is 14.3 Å². The fraction of sp³-hybridized carbons (Fsp3) is 0.278. The smallest absolute Gasteiger partial charge is 0.326 e. The molecule has 3 aromatic rings. The fourth-order valence-corrected chi connectivity index (χ4v) is 3.27. The first kappa shape index (κ1) is 16.0.